The molecule has 1 amide bonds. The molecule has 0 atom stereocenters. The van der Waals surface area contributed by atoms with Crippen molar-refractivity contribution < 1.29 is 14.0 Å². The van der Waals surface area contributed by atoms with Crippen molar-refractivity contribution in [3.63, 3.8) is 0 Å². The zero-order valence-corrected chi connectivity index (χ0v) is 13.4. The molecule has 6 heteroatoms. The van der Waals surface area contributed by atoms with Gasteiger partial charge in [0.05, 0.1) is 29.2 Å². The summed E-state index contributed by atoms with van der Waals surface area (Å²) in [7, 11) is 1.66. The van der Waals surface area contributed by atoms with Gasteiger partial charge in [-0.2, -0.15) is 0 Å². The summed E-state index contributed by atoms with van der Waals surface area (Å²) in [6.45, 7) is 0.303. The third-order valence-corrected chi connectivity index (χ3v) is 4.39. The van der Waals surface area contributed by atoms with Crippen LogP contribution in [0, 0.1) is 5.82 Å². The van der Waals surface area contributed by atoms with Gasteiger partial charge in [0.2, 0.25) is 0 Å². The van der Waals surface area contributed by atoms with E-state index in [4.69, 9.17) is 0 Å². The molecule has 0 bridgehead atoms. The van der Waals surface area contributed by atoms with Crippen LogP contribution in [0.3, 0.4) is 0 Å². The molecule has 0 aliphatic carbocycles. The van der Waals surface area contributed by atoms with Gasteiger partial charge in [0.15, 0.2) is 6.29 Å². The first kappa shape index (κ1) is 15.3. The lowest BCUT2D eigenvalue weighted by molar-refractivity contribution is 0.0787. The van der Waals surface area contributed by atoms with Gasteiger partial charge in [0.25, 0.3) is 5.91 Å². The molecule has 0 fully saturated rings. The minimum atomic E-state index is -0.462. The molecular formula is C19H14FN3O2. The van der Waals surface area contributed by atoms with Crippen molar-refractivity contribution in [2.24, 2.45) is 0 Å². The molecule has 1 aliphatic rings. The Morgan fingerprint density at radius 3 is 2.76 bits per heavy atom. The first-order valence-corrected chi connectivity index (χ1v) is 7.76. The van der Waals surface area contributed by atoms with Crippen LogP contribution in [0.2, 0.25) is 0 Å². The van der Waals surface area contributed by atoms with Crippen molar-refractivity contribution in [3.05, 3.63) is 71.4 Å². The van der Waals surface area contributed by atoms with Gasteiger partial charge in [-0.25, -0.2) is 9.37 Å². The standard InChI is InChI=1S/C19H14FN3O2/c1-22-9-17-18(14-5-3-2-4-12(14)10-24)21-11-23(17)16-7-6-13(20)8-15(16)19(22)25/h2-8,10-11H,9H2,1H3. The predicted molar refractivity (Wildman–Crippen MR) is 90.1 cm³/mol. The summed E-state index contributed by atoms with van der Waals surface area (Å²) in [4.78, 5) is 30.0. The lowest BCUT2D eigenvalue weighted by Gasteiger charge is -2.15. The van der Waals surface area contributed by atoms with E-state index in [0.717, 1.165) is 12.0 Å². The fourth-order valence-electron chi connectivity index (χ4n) is 3.16. The highest BCUT2D eigenvalue weighted by Gasteiger charge is 2.27. The van der Waals surface area contributed by atoms with Crippen molar-refractivity contribution in [2.45, 2.75) is 6.54 Å². The van der Waals surface area contributed by atoms with Crippen LogP contribution < -0.4 is 0 Å². The summed E-state index contributed by atoms with van der Waals surface area (Å²) in [6.07, 6.45) is 2.39. The van der Waals surface area contributed by atoms with Gasteiger partial charge in [-0.3, -0.25) is 14.2 Å². The number of nitrogens with zero attached hydrogens (tertiary/aromatic N) is 3. The number of carbonyl (C=O) groups excluding carboxylic acids is 2. The molecule has 1 aliphatic heterocycles. The van der Waals surface area contributed by atoms with E-state index < -0.39 is 5.82 Å². The molecular weight excluding hydrogens is 321 g/mol. The summed E-state index contributed by atoms with van der Waals surface area (Å²) >= 11 is 0. The number of aldehydes is 1. The molecule has 2 aromatic carbocycles. The Bertz CT molecular complexity index is 1010. The normalized spacial score (nSPS) is 13.2. The number of imidazole rings is 1. The Morgan fingerprint density at radius 1 is 1.16 bits per heavy atom. The van der Waals surface area contributed by atoms with Crippen LogP contribution in [0.1, 0.15) is 26.4 Å². The van der Waals surface area contributed by atoms with Gasteiger partial charge in [0, 0.05) is 18.2 Å². The molecule has 25 heavy (non-hydrogen) atoms. The van der Waals surface area contributed by atoms with E-state index in [1.807, 2.05) is 12.1 Å². The largest absolute Gasteiger partial charge is 0.336 e. The second kappa shape index (κ2) is 5.66. The van der Waals surface area contributed by atoms with Gasteiger partial charge in [0.1, 0.15) is 12.1 Å². The summed E-state index contributed by atoms with van der Waals surface area (Å²) in [5.41, 5.74) is 3.51. The average Bonchev–Trinajstić information content (AvgIpc) is 3.00. The molecule has 4 rings (SSSR count). The van der Waals surface area contributed by atoms with Crippen LogP contribution in [-0.4, -0.2) is 33.7 Å². The van der Waals surface area contributed by atoms with E-state index in [1.54, 1.807) is 36.1 Å². The van der Waals surface area contributed by atoms with Crippen LogP contribution in [0.25, 0.3) is 16.9 Å². The van der Waals surface area contributed by atoms with Crippen molar-refractivity contribution >= 4 is 12.2 Å². The van der Waals surface area contributed by atoms with Crippen LogP contribution in [0.15, 0.2) is 48.8 Å². The SMILES string of the molecule is CN1Cc2c(-c3ccccc3C=O)ncn2-c2ccc(F)cc2C1=O. The predicted octanol–water partition coefficient (Wildman–Crippen LogP) is 3.08. The molecule has 124 valence electrons. The van der Waals surface area contributed by atoms with Gasteiger partial charge >= 0.3 is 0 Å². The van der Waals surface area contributed by atoms with E-state index in [-0.39, 0.29) is 11.5 Å². The maximum absolute atomic E-state index is 13.6. The lowest BCUT2D eigenvalue weighted by Crippen LogP contribution is -2.25. The van der Waals surface area contributed by atoms with E-state index in [0.29, 0.717) is 29.1 Å². The van der Waals surface area contributed by atoms with Crippen LogP contribution in [-0.2, 0) is 6.54 Å². The fourth-order valence-corrected chi connectivity index (χ4v) is 3.16. The van der Waals surface area contributed by atoms with Crippen molar-refractivity contribution in [3.8, 4) is 16.9 Å². The average molecular weight is 335 g/mol. The second-order valence-electron chi connectivity index (χ2n) is 5.94. The maximum Gasteiger partial charge on any atom is 0.256 e. The molecule has 0 unspecified atom stereocenters. The van der Waals surface area contributed by atoms with Gasteiger partial charge in [-0.1, -0.05) is 24.3 Å². The lowest BCUT2D eigenvalue weighted by atomic mass is 10.0. The van der Waals surface area contributed by atoms with Crippen LogP contribution in [0.5, 0.6) is 0 Å². The highest BCUT2D eigenvalue weighted by molar-refractivity contribution is 5.98. The summed E-state index contributed by atoms with van der Waals surface area (Å²) in [6, 6.07) is 11.3. The number of hydrogen-bond donors (Lipinski definition) is 0. The number of rotatable bonds is 2. The number of fused-ring (bicyclic) bond motifs is 3. The quantitative estimate of drug-likeness (QED) is 0.676. The molecule has 5 nitrogen and oxygen atoms in total. The summed E-state index contributed by atoms with van der Waals surface area (Å²) in [5, 5.41) is 0. The first-order chi connectivity index (χ1) is 12.1. The number of carbonyl (C=O) groups is 2. The van der Waals surface area contributed by atoms with Crippen molar-refractivity contribution in [2.75, 3.05) is 7.05 Å². The Hall–Kier alpha value is -3.28. The van der Waals surface area contributed by atoms with Crippen molar-refractivity contribution in [1.29, 1.82) is 0 Å². The fraction of sp³-hybridized carbons (Fsp3) is 0.105. The van der Waals surface area contributed by atoms with E-state index >= 15 is 0 Å². The van der Waals surface area contributed by atoms with E-state index in [1.165, 1.54) is 17.0 Å². The zero-order chi connectivity index (χ0) is 17.6. The number of halogens is 1. The highest BCUT2D eigenvalue weighted by atomic mass is 19.1. The minimum absolute atomic E-state index is 0.257. The maximum atomic E-state index is 13.6. The molecule has 0 saturated carbocycles. The Kier molecular flexibility index (Phi) is 3.46. The monoisotopic (exact) mass is 335 g/mol. The number of hydrogen-bond acceptors (Lipinski definition) is 3. The highest BCUT2D eigenvalue weighted by Crippen LogP contribution is 2.31. The topological polar surface area (TPSA) is 55.2 Å². The van der Waals surface area contributed by atoms with Gasteiger partial charge in [-0.15, -0.1) is 0 Å². The smallest absolute Gasteiger partial charge is 0.256 e. The van der Waals surface area contributed by atoms with Gasteiger partial charge < -0.3 is 4.90 Å². The second-order valence-corrected chi connectivity index (χ2v) is 5.94. The van der Waals surface area contributed by atoms with E-state index in [2.05, 4.69) is 4.98 Å². The number of aromatic nitrogens is 2. The Balaban J connectivity index is 1.98. The Labute approximate surface area is 143 Å². The molecule has 0 N–H and O–H groups in total. The minimum Gasteiger partial charge on any atom is -0.336 e. The summed E-state index contributed by atoms with van der Waals surface area (Å²) in [5.74, 6) is -0.719. The third kappa shape index (κ3) is 2.34. The molecule has 0 saturated heterocycles. The van der Waals surface area contributed by atoms with Crippen LogP contribution >= 0.6 is 0 Å². The molecule has 2 heterocycles. The number of amides is 1. The number of benzene rings is 2. The first-order valence-electron chi connectivity index (χ1n) is 7.76. The third-order valence-electron chi connectivity index (χ3n) is 4.39. The Morgan fingerprint density at radius 2 is 1.96 bits per heavy atom. The molecule has 1 aromatic heterocycles. The molecule has 0 spiro atoms. The van der Waals surface area contributed by atoms with E-state index in [9.17, 15) is 14.0 Å². The molecule has 3 aromatic rings. The van der Waals surface area contributed by atoms with Crippen molar-refractivity contribution in [1.82, 2.24) is 14.5 Å². The zero-order valence-electron chi connectivity index (χ0n) is 13.4. The molecule has 0 radical (unpaired) electrons. The van der Waals surface area contributed by atoms with Gasteiger partial charge in [-0.05, 0) is 18.2 Å². The summed E-state index contributed by atoms with van der Waals surface area (Å²) < 4.78 is 15.4. The van der Waals surface area contributed by atoms with Crippen LogP contribution in [0.4, 0.5) is 4.39 Å².